The summed E-state index contributed by atoms with van der Waals surface area (Å²) in [6, 6.07) is 3.87. The first kappa shape index (κ1) is 11.6. The van der Waals surface area contributed by atoms with E-state index in [0.717, 1.165) is 16.0 Å². The van der Waals surface area contributed by atoms with Gasteiger partial charge in [-0.05, 0) is 11.4 Å². The van der Waals surface area contributed by atoms with E-state index in [2.05, 4.69) is 25.4 Å². The van der Waals surface area contributed by atoms with Crippen molar-refractivity contribution in [2.45, 2.75) is 6.54 Å². The Kier molecular flexibility index (Phi) is 2.81. The van der Waals surface area contributed by atoms with E-state index in [-0.39, 0.29) is 5.82 Å². The van der Waals surface area contributed by atoms with Crippen LogP contribution in [0.2, 0.25) is 0 Å². The number of nitrogens with zero attached hydrogens (tertiary/aromatic N) is 6. The van der Waals surface area contributed by atoms with Gasteiger partial charge in [0.15, 0.2) is 5.82 Å². The average Bonchev–Trinajstić information content (AvgIpc) is 3.06. The first-order chi connectivity index (χ1) is 9.30. The summed E-state index contributed by atoms with van der Waals surface area (Å²) in [5.74, 6) is 1.57. The van der Waals surface area contributed by atoms with E-state index in [1.165, 1.54) is 6.33 Å². The Bertz CT molecular complexity index is 767. The second kappa shape index (κ2) is 4.62. The number of fused-ring (bicyclic) bond motifs is 1. The van der Waals surface area contributed by atoms with Gasteiger partial charge in [-0.1, -0.05) is 0 Å². The summed E-state index contributed by atoms with van der Waals surface area (Å²) in [4.78, 5) is 13.7. The molecule has 0 saturated carbocycles. The molecule has 0 spiro atoms. The van der Waals surface area contributed by atoms with Gasteiger partial charge in [-0.2, -0.15) is 5.26 Å². The summed E-state index contributed by atoms with van der Waals surface area (Å²) in [5.41, 5.74) is 0. The number of nitrogens with one attached hydrogen (secondary N) is 1. The predicted octanol–water partition coefficient (Wildman–Crippen LogP) is 1.24. The Labute approximate surface area is 112 Å². The van der Waals surface area contributed by atoms with Gasteiger partial charge in [0.05, 0.1) is 5.39 Å². The molecule has 0 aliphatic carbocycles. The van der Waals surface area contributed by atoms with Crippen molar-refractivity contribution in [1.82, 2.24) is 24.7 Å². The van der Waals surface area contributed by atoms with Crippen LogP contribution in [0.25, 0.3) is 10.2 Å². The zero-order chi connectivity index (χ0) is 13.2. The van der Waals surface area contributed by atoms with Gasteiger partial charge in [0.2, 0.25) is 0 Å². The van der Waals surface area contributed by atoms with E-state index in [1.807, 2.05) is 24.6 Å². The predicted molar refractivity (Wildman–Crippen MR) is 70.8 cm³/mol. The summed E-state index contributed by atoms with van der Waals surface area (Å²) in [5, 5.41) is 18.7. The van der Waals surface area contributed by atoms with Gasteiger partial charge in [0.1, 0.15) is 29.6 Å². The van der Waals surface area contributed by atoms with Crippen LogP contribution in [0.1, 0.15) is 11.6 Å². The minimum atomic E-state index is 0.144. The maximum Gasteiger partial charge on any atom is 0.252 e. The molecule has 3 aromatic rings. The van der Waals surface area contributed by atoms with Crippen molar-refractivity contribution in [3.8, 4) is 6.07 Å². The van der Waals surface area contributed by atoms with Gasteiger partial charge in [0, 0.05) is 7.05 Å². The fraction of sp³-hybridized carbons (Fsp3) is 0.182. The largest absolute Gasteiger partial charge is 0.372 e. The molecule has 8 heteroatoms. The Hall–Kier alpha value is -2.53. The number of anilines is 1. The smallest absolute Gasteiger partial charge is 0.252 e. The molecule has 1 N–H and O–H groups in total. The fourth-order valence-electron chi connectivity index (χ4n) is 1.73. The zero-order valence-electron chi connectivity index (χ0n) is 10.0. The van der Waals surface area contributed by atoms with Crippen molar-refractivity contribution in [2.75, 3.05) is 12.4 Å². The lowest BCUT2D eigenvalue weighted by Crippen LogP contribution is -2.07. The third-order valence-corrected chi connectivity index (χ3v) is 3.35. The number of nitriles is 1. The van der Waals surface area contributed by atoms with Crippen LogP contribution >= 0.6 is 11.3 Å². The Balaban J connectivity index is 1.98. The second-order valence-corrected chi connectivity index (χ2v) is 4.65. The molecule has 0 radical (unpaired) electrons. The highest BCUT2D eigenvalue weighted by Crippen LogP contribution is 2.24. The molecular formula is C11H9N7S. The van der Waals surface area contributed by atoms with Gasteiger partial charge in [0.25, 0.3) is 5.82 Å². The molecule has 3 rings (SSSR count). The third kappa shape index (κ3) is 2.11. The lowest BCUT2D eigenvalue weighted by atomic mass is 10.3. The van der Waals surface area contributed by atoms with Gasteiger partial charge in [-0.25, -0.2) is 19.6 Å². The molecule has 19 heavy (non-hydrogen) atoms. The van der Waals surface area contributed by atoms with E-state index < -0.39 is 0 Å². The highest BCUT2D eigenvalue weighted by molar-refractivity contribution is 7.16. The van der Waals surface area contributed by atoms with Crippen molar-refractivity contribution in [3.05, 3.63) is 29.4 Å². The van der Waals surface area contributed by atoms with Gasteiger partial charge in [-0.3, -0.25) is 0 Å². The molecule has 3 heterocycles. The Morgan fingerprint density at radius 3 is 3.11 bits per heavy atom. The molecule has 94 valence electrons. The minimum Gasteiger partial charge on any atom is -0.372 e. The summed E-state index contributed by atoms with van der Waals surface area (Å²) in [7, 11) is 1.83. The average molecular weight is 271 g/mol. The molecule has 0 aliphatic rings. The zero-order valence-corrected chi connectivity index (χ0v) is 10.8. The van der Waals surface area contributed by atoms with Crippen LogP contribution in [-0.2, 0) is 6.54 Å². The first-order valence-electron chi connectivity index (χ1n) is 5.51. The lowest BCUT2D eigenvalue weighted by Gasteiger charge is -2.05. The summed E-state index contributed by atoms with van der Waals surface area (Å²) >= 11 is 1.56. The molecule has 0 aliphatic heterocycles. The number of hydrogen-bond donors (Lipinski definition) is 1. The first-order valence-corrected chi connectivity index (χ1v) is 6.39. The van der Waals surface area contributed by atoms with Crippen LogP contribution in [-0.4, -0.2) is 31.8 Å². The topological polar surface area (TPSA) is 92.3 Å². The van der Waals surface area contributed by atoms with Gasteiger partial charge >= 0.3 is 0 Å². The summed E-state index contributed by atoms with van der Waals surface area (Å²) in [6.45, 7) is 0.386. The van der Waals surface area contributed by atoms with Crippen molar-refractivity contribution in [3.63, 3.8) is 0 Å². The highest BCUT2D eigenvalue weighted by Gasteiger charge is 2.09. The molecule has 0 bridgehead atoms. The van der Waals surface area contributed by atoms with Crippen LogP contribution in [0.3, 0.4) is 0 Å². The number of hydrogen-bond acceptors (Lipinski definition) is 7. The minimum absolute atomic E-state index is 0.144. The molecular weight excluding hydrogens is 262 g/mol. The monoisotopic (exact) mass is 271 g/mol. The molecule has 3 aromatic heterocycles. The number of aromatic nitrogens is 5. The molecule has 0 saturated heterocycles. The van der Waals surface area contributed by atoms with Gasteiger partial charge in [-0.15, -0.1) is 16.4 Å². The molecule has 0 aromatic carbocycles. The van der Waals surface area contributed by atoms with Crippen molar-refractivity contribution in [2.24, 2.45) is 0 Å². The van der Waals surface area contributed by atoms with E-state index in [1.54, 1.807) is 16.0 Å². The molecule has 0 fully saturated rings. The van der Waals surface area contributed by atoms with Crippen LogP contribution in [0.4, 0.5) is 5.82 Å². The summed E-state index contributed by atoms with van der Waals surface area (Å²) < 4.78 is 1.55. The third-order valence-electron chi connectivity index (χ3n) is 2.55. The SMILES string of the molecule is CNc1nc(Cn2cnc(C#N)n2)nc2sccc12. The fourth-order valence-corrected chi connectivity index (χ4v) is 2.51. The normalized spacial score (nSPS) is 10.5. The Morgan fingerprint density at radius 2 is 2.37 bits per heavy atom. The van der Waals surface area contributed by atoms with E-state index in [9.17, 15) is 0 Å². The second-order valence-electron chi connectivity index (χ2n) is 3.76. The highest BCUT2D eigenvalue weighted by atomic mass is 32.1. The maximum absolute atomic E-state index is 8.68. The van der Waals surface area contributed by atoms with Crippen molar-refractivity contribution >= 4 is 27.4 Å². The standard InChI is InChI=1S/C11H9N7S/c1-13-10-7-2-3-19-11(7)16-9(15-10)5-18-6-14-8(4-12)17-18/h2-3,6H,5H2,1H3,(H,13,15,16). The van der Waals surface area contributed by atoms with Crippen LogP contribution < -0.4 is 5.32 Å². The van der Waals surface area contributed by atoms with E-state index >= 15 is 0 Å². The van der Waals surface area contributed by atoms with Crippen LogP contribution in [0, 0.1) is 11.3 Å². The molecule has 7 nitrogen and oxygen atoms in total. The molecule has 0 atom stereocenters. The maximum atomic E-state index is 8.68. The molecule has 0 amide bonds. The van der Waals surface area contributed by atoms with Gasteiger partial charge < -0.3 is 5.32 Å². The Morgan fingerprint density at radius 1 is 1.47 bits per heavy atom. The van der Waals surface area contributed by atoms with E-state index in [0.29, 0.717) is 12.4 Å². The quantitative estimate of drug-likeness (QED) is 0.770. The van der Waals surface area contributed by atoms with E-state index in [4.69, 9.17) is 5.26 Å². The molecule has 0 unspecified atom stereocenters. The lowest BCUT2D eigenvalue weighted by molar-refractivity contribution is 0.655. The summed E-state index contributed by atoms with van der Waals surface area (Å²) in [6.07, 6.45) is 1.50. The van der Waals surface area contributed by atoms with Crippen LogP contribution in [0.15, 0.2) is 17.8 Å². The van der Waals surface area contributed by atoms with Crippen molar-refractivity contribution < 1.29 is 0 Å². The van der Waals surface area contributed by atoms with Crippen molar-refractivity contribution in [1.29, 1.82) is 5.26 Å². The van der Waals surface area contributed by atoms with Crippen LogP contribution in [0.5, 0.6) is 0 Å². The number of thiophene rings is 1. The number of rotatable bonds is 3.